The molecule has 104 valence electrons. The number of fused-ring (bicyclic) bond motifs is 1. The van der Waals surface area contributed by atoms with E-state index in [4.69, 9.17) is 0 Å². The minimum absolute atomic E-state index is 0.927. The van der Waals surface area contributed by atoms with Crippen LogP contribution in [-0.4, -0.2) is 0 Å². The average molecular weight is 273 g/mol. The molecule has 0 radical (unpaired) electrons. The highest BCUT2D eigenvalue weighted by Crippen LogP contribution is 2.33. The maximum absolute atomic E-state index is 4.24. The Morgan fingerprint density at radius 3 is 2.52 bits per heavy atom. The lowest BCUT2D eigenvalue weighted by Crippen LogP contribution is -2.15. The highest BCUT2D eigenvalue weighted by molar-refractivity contribution is 5.72. The number of anilines is 2. The fourth-order valence-corrected chi connectivity index (χ4v) is 2.57. The first-order valence-electron chi connectivity index (χ1n) is 7.22. The zero-order valence-electron chi connectivity index (χ0n) is 12.3. The number of benzene rings is 2. The number of hydrogen-bond acceptors (Lipinski definition) is 1. The molecule has 0 bridgehead atoms. The second-order valence-corrected chi connectivity index (χ2v) is 5.28. The molecule has 0 atom stereocenters. The van der Waals surface area contributed by atoms with Crippen molar-refractivity contribution in [2.24, 2.45) is 0 Å². The highest BCUT2D eigenvalue weighted by atomic mass is 15.1. The Morgan fingerprint density at radius 1 is 0.952 bits per heavy atom. The van der Waals surface area contributed by atoms with Crippen LogP contribution in [0.1, 0.15) is 11.1 Å². The van der Waals surface area contributed by atoms with E-state index in [0.29, 0.717) is 0 Å². The molecule has 1 aliphatic heterocycles. The van der Waals surface area contributed by atoms with Gasteiger partial charge in [-0.05, 0) is 43.2 Å². The smallest absolute Gasteiger partial charge is 0.0496 e. The van der Waals surface area contributed by atoms with Crippen LogP contribution < -0.4 is 4.90 Å². The average Bonchev–Trinajstić information content (AvgIpc) is 2.57. The first kappa shape index (κ1) is 13.4. The molecule has 2 aromatic rings. The third-order valence-corrected chi connectivity index (χ3v) is 3.69. The van der Waals surface area contributed by atoms with Gasteiger partial charge < -0.3 is 4.90 Å². The summed E-state index contributed by atoms with van der Waals surface area (Å²) >= 11 is 0. The number of allylic oxidation sites excluding steroid dienone is 4. The van der Waals surface area contributed by atoms with Gasteiger partial charge in [0.25, 0.3) is 0 Å². The van der Waals surface area contributed by atoms with Crippen molar-refractivity contribution in [1.29, 1.82) is 0 Å². The van der Waals surface area contributed by atoms with Crippen molar-refractivity contribution in [2.75, 3.05) is 4.90 Å². The van der Waals surface area contributed by atoms with E-state index in [1.807, 2.05) is 0 Å². The molecular weight excluding hydrogens is 254 g/mol. The van der Waals surface area contributed by atoms with E-state index in [2.05, 4.69) is 91.2 Å². The van der Waals surface area contributed by atoms with Crippen molar-refractivity contribution in [3.63, 3.8) is 0 Å². The van der Waals surface area contributed by atoms with Gasteiger partial charge >= 0.3 is 0 Å². The minimum Gasteiger partial charge on any atom is -0.311 e. The zero-order chi connectivity index (χ0) is 14.7. The Balaban J connectivity index is 2.15. The van der Waals surface area contributed by atoms with E-state index >= 15 is 0 Å². The van der Waals surface area contributed by atoms with E-state index in [1.165, 1.54) is 16.8 Å². The van der Waals surface area contributed by atoms with Crippen molar-refractivity contribution < 1.29 is 0 Å². The van der Waals surface area contributed by atoms with E-state index in [1.54, 1.807) is 0 Å². The molecule has 0 N–H and O–H groups in total. The quantitative estimate of drug-likeness (QED) is 0.680. The van der Waals surface area contributed by atoms with Gasteiger partial charge in [0.2, 0.25) is 0 Å². The largest absolute Gasteiger partial charge is 0.311 e. The van der Waals surface area contributed by atoms with Crippen LogP contribution >= 0.6 is 0 Å². The van der Waals surface area contributed by atoms with Gasteiger partial charge in [-0.2, -0.15) is 0 Å². The number of rotatable bonds is 1. The van der Waals surface area contributed by atoms with Crippen molar-refractivity contribution >= 4 is 11.4 Å². The number of aryl methyl sites for hydroxylation is 1. The van der Waals surface area contributed by atoms with Gasteiger partial charge in [-0.15, -0.1) is 0 Å². The van der Waals surface area contributed by atoms with Crippen molar-refractivity contribution in [3.05, 3.63) is 96.2 Å². The van der Waals surface area contributed by atoms with Crippen LogP contribution in [0.15, 0.2) is 85.1 Å². The molecule has 0 saturated heterocycles. The van der Waals surface area contributed by atoms with Crippen molar-refractivity contribution in [1.82, 2.24) is 0 Å². The molecular formula is C20H19N. The van der Waals surface area contributed by atoms with Crippen LogP contribution in [0, 0.1) is 6.92 Å². The summed E-state index contributed by atoms with van der Waals surface area (Å²) in [6.45, 7) is 6.35. The standard InChI is InChI=1S/C20H19N/c1-16-12-14-19(15-13-16)21-17(2)8-4-3-5-9-18-10-6-7-11-20(18)21/h3-8,10-15H,2,9H2,1H3/b5-3-,8-4-. The Morgan fingerprint density at radius 2 is 1.71 bits per heavy atom. The maximum Gasteiger partial charge on any atom is 0.0496 e. The van der Waals surface area contributed by atoms with Gasteiger partial charge in [0, 0.05) is 17.1 Å². The Kier molecular flexibility index (Phi) is 3.74. The van der Waals surface area contributed by atoms with Crippen molar-refractivity contribution in [3.8, 4) is 0 Å². The van der Waals surface area contributed by atoms with Gasteiger partial charge in [-0.1, -0.05) is 60.7 Å². The molecule has 1 aliphatic rings. The fraction of sp³-hybridized carbons (Fsp3) is 0.100. The van der Waals surface area contributed by atoms with Gasteiger partial charge in [-0.25, -0.2) is 0 Å². The van der Waals surface area contributed by atoms with E-state index in [9.17, 15) is 0 Å². The first-order chi connectivity index (χ1) is 10.3. The summed E-state index contributed by atoms with van der Waals surface area (Å²) in [5.41, 5.74) is 5.88. The number of para-hydroxylation sites is 1. The number of nitrogens with zero attached hydrogens (tertiary/aromatic N) is 1. The van der Waals surface area contributed by atoms with Crippen LogP contribution in [0.25, 0.3) is 0 Å². The summed E-state index contributed by atoms with van der Waals surface area (Å²) < 4.78 is 0. The molecule has 1 nitrogen and oxygen atoms in total. The van der Waals surface area contributed by atoms with Crippen LogP contribution in [0.5, 0.6) is 0 Å². The molecule has 0 amide bonds. The molecule has 3 rings (SSSR count). The summed E-state index contributed by atoms with van der Waals surface area (Å²) in [5.74, 6) is 0. The Hall–Kier alpha value is -2.54. The Bertz CT molecular complexity index is 705. The van der Waals surface area contributed by atoms with Gasteiger partial charge in [0.1, 0.15) is 0 Å². The van der Waals surface area contributed by atoms with E-state index in [0.717, 1.165) is 17.8 Å². The molecule has 0 spiro atoms. The zero-order valence-corrected chi connectivity index (χ0v) is 12.3. The first-order valence-corrected chi connectivity index (χ1v) is 7.22. The predicted molar refractivity (Wildman–Crippen MR) is 90.9 cm³/mol. The lowest BCUT2D eigenvalue weighted by Gasteiger charge is -2.27. The summed E-state index contributed by atoms with van der Waals surface area (Å²) in [6.07, 6.45) is 9.30. The summed E-state index contributed by atoms with van der Waals surface area (Å²) in [4.78, 5) is 2.22. The van der Waals surface area contributed by atoms with Gasteiger partial charge in [-0.3, -0.25) is 0 Å². The molecule has 1 heteroatoms. The normalized spacial score (nSPS) is 17.4. The van der Waals surface area contributed by atoms with Crippen LogP contribution in [0.4, 0.5) is 11.4 Å². The monoisotopic (exact) mass is 273 g/mol. The van der Waals surface area contributed by atoms with Crippen LogP contribution in [0.3, 0.4) is 0 Å². The van der Waals surface area contributed by atoms with Crippen LogP contribution in [-0.2, 0) is 6.42 Å². The fourth-order valence-electron chi connectivity index (χ4n) is 2.57. The second-order valence-electron chi connectivity index (χ2n) is 5.28. The topological polar surface area (TPSA) is 3.24 Å². The second kappa shape index (κ2) is 5.84. The van der Waals surface area contributed by atoms with Gasteiger partial charge in [0.05, 0.1) is 0 Å². The molecule has 0 aliphatic carbocycles. The molecule has 1 heterocycles. The predicted octanol–water partition coefficient (Wildman–Crippen LogP) is 5.32. The summed E-state index contributed by atoms with van der Waals surface area (Å²) in [5, 5.41) is 0. The molecule has 21 heavy (non-hydrogen) atoms. The Labute approximate surface area is 126 Å². The van der Waals surface area contributed by atoms with E-state index < -0.39 is 0 Å². The molecule has 0 aromatic heterocycles. The molecule has 2 aromatic carbocycles. The SMILES string of the molecule is C=C1/C=C\C=C/Cc2ccccc2N1c1ccc(C)cc1. The highest BCUT2D eigenvalue weighted by Gasteiger charge is 2.14. The third kappa shape index (κ3) is 2.82. The molecule has 0 unspecified atom stereocenters. The summed E-state index contributed by atoms with van der Waals surface area (Å²) in [6, 6.07) is 17.1. The number of hydrogen-bond donors (Lipinski definition) is 0. The lowest BCUT2D eigenvalue weighted by molar-refractivity contribution is 1.16. The van der Waals surface area contributed by atoms with E-state index in [-0.39, 0.29) is 0 Å². The molecule has 0 saturated carbocycles. The third-order valence-electron chi connectivity index (χ3n) is 3.69. The summed E-state index contributed by atoms with van der Waals surface area (Å²) in [7, 11) is 0. The van der Waals surface area contributed by atoms with Crippen LogP contribution in [0.2, 0.25) is 0 Å². The molecule has 0 fully saturated rings. The lowest BCUT2D eigenvalue weighted by atomic mass is 10.1. The van der Waals surface area contributed by atoms with Gasteiger partial charge in [0.15, 0.2) is 0 Å². The maximum atomic E-state index is 4.24. The minimum atomic E-state index is 0.927. The van der Waals surface area contributed by atoms with Crippen molar-refractivity contribution in [2.45, 2.75) is 13.3 Å².